The molecule has 16 heavy (non-hydrogen) atoms. The first-order chi connectivity index (χ1) is 7.75. The topological polar surface area (TPSA) is 0 Å². The number of hydrogen-bond donors (Lipinski definition) is 0. The maximum absolute atomic E-state index is 5.92. The van der Waals surface area contributed by atoms with Gasteiger partial charge in [0, 0.05) is 15.5 Å². The molecule has 0 nitrogen and oxygen atoms in total. The van der Waals surface area contributed by atoms with E-state index < -0.39 is 0 Å². The van der Waals surface area contributed by atoms with Crippen LogP contribution in [-0.2, 0) is 0 Å². The average Bonchev–Trinajstić information content (AvgIpc) is 2.30. The van der Waals surface area contributed by atoms with Crippen molar-refractivity contribution in [2.75, 3.05) is 0 Å². The predicted molar refractivity (Wildman–Crippen MR) is 75.5 cm³/mol. The summed E-state index contributed by atoms with van der Waals surface area (Å²) in [5, 5.41) is 0.716. The van der Waals surface area contributed by atoms with Gasteiger partial charge < -0.3 is 0 Å². The van der Waals surface area contributed by atoms with Crippen LogP contribution in [0.4, 0.5) is 0 Å². The molecule has 2 aromatic rings. The van der Waals surface area contributed by atoms with Crippen molar-refractivity contribution in [3.8, 4) is 0 Å². The van der Waals surface area contributed by atoms with E-state index >= 15 is 0 Å². The lowest BCUT2D eigenvalue weighted by molar-refractivity contribution is 1.48. The molecule has 0 saturated heterocycles. The van der Waals surface area contributed by atoms with E-state index in [9.17, 15) is 0 Å². The summed E-state index contributed by atoms with van der Waals surface area (Å²) in [5.41, 5.74) is 0.997. The fourth-order valence-corrected chi connectivity index (χ4v) is 2.63. The van der Waals surface area contributed by atoms with Crippen molar-refractivity contribution in [2.45, 2.75) is 4.90 Å². The molecule has 0 aliphatic rings. The van der Waals surface area contributed by atoms with Crippen molar-refractivity contribution < 1.29 is 0 Å². The van der Waals surface area contributed by atoms with Gasteiger partial charge in [0.05, 0.1) is 4.20 Å². The second-order valence-electron chi connectivity index (χ2n) is 3.21. The molecule has 0 amide bonds. The van der Waals surface area contributed by atoms with Gasteiger partial charge in [-0.1, -0.05) is 65.9 Å². The van der Waals surface area contributed by atoms with Crippen LogP contribution in [0.1, 0.15) is 5.56 Å². The third kappa shape index (κ3) is 3.08. The number of halogens is 1. The molecule has 80 valence electrons. The summed E-state index contributed by atoms with van der Waals surface area (Å²) in [5.74, 6) is 0. The van der Waals surface area contributed by atoms with E-state index in [0.717, 1.165) is 14.7 Å². The molecule has 2 aromatic carbocycles. The minimum Gasteiger partial charge on any atom is -0.0843 e. The van der Waals surface area contributed by atoms with Crippen LogP contribution in [0, 0.1) is 0 Å². The third-order valence-corrected chi connectivity index (χ3v) is 3.66. The summed E-state index contributed by atoms with van der Waals surface area (Å²) < 4.78 is 0.841. The molecule has 0 N–H and O–H groups in total. The van der Waals surface area contributed by atoms with Gasteiger partial charge in [-0.15, -0.1) is 0 Å². The van der Waals surface area contributed by atoms with Crippen molar-refractivity contribution in [2.24, 2.45) is 0 Å². The van der Waals surface area contributed by atoms with E-state index in [4.69, 9.17) is 23.8 Å². The number of thioether (sulfide) groups is 1. The molecular weight excluding hydrogens is 256 g/mol. The largest absolute Gasteiger partial charge is 0.0843 e. The van der Waals surface area contributed by atoms with Gasteiger partial charge in [-0.25, -0.2) is 0 Å². The van der Waals surface area contributed by atoms with Gasteiger partial charge in [0.15, 0.2) is 0 Å². The maximum Gasteiger partial charge on any atom is 0.0826 e. The van der Waals surface area contributed by atoms with Gasteiger partial charge in [-0.3, -0.25) is 0 Å². The Labute approximate surface area is 110 Å². The Balaban J connectivity index is 2.15. The van der Waals surface area contributed by atoms with Crippen LogP contribution in [-0.4, -0.2) is 4.20 Å². The molecule has 0 aliphatic carbocycles. The SMILES string of the molecule is S=C(Sc1ccccc1)c1cccc(Cl)c1. The quantitative estimate of drug-likeness (QED) is 0.564. The number of hydrogen-bond acceptors (Lipinski definition) is 2. The first-order valence-corrected chi connectivity index (χ1v) is 6.39. The maximum atomic E-state index is 5.92. The van der Waals surface area contributed by atoms with E-state index in [-0.39, 0.29) is 0 Å². The number of thiocarbonyl (C=S) groups is 1. The molecule has 0 saturated carbocycles. The fraction of sp³-hybridized carbons (Fsp3) is 0. The number of rotatable bonds is 2. The van der Waals surface area contributed by atoms with Crippen LogP contribution in [0.5, 0.6) is 0 Å². The molecule has 0 aromatic heterocycles. The summed E-state index contributed by atoms with van der Waals surface area (Å²) in [6.07, 6.45) is 0. The monoisotopic (exact) mass is 264 g/mol. The lowest BCUT2D eigenvalue weighted by Gasteiger charge is -2.03. The van der Waals surface area contributed by atoms with Crippen LogP contribution in [0.3, 0.4) is 0 Å². The predicted octanol–water partition coefficient (Wildman–Crippen LogP) is 4.81. The Morgan fingerprint density at radius 1 is 1.00 bits per heavy atom. The highest BCUT2D eigenvalue weighted by Crippen LogP contribution is 2.24. The number of benzene rings is 2. The molecule has 0 heterocycles. The zero-order chi connectivity index (χ0) is 11.4. The van der Waals surface area contributed by atoms with Gasteiger partial charge in [0.25, 0.3) is 0 Å². The van der Waals surface area contributed by atoms with Crippen molar-refractivity contribution >= 4 is 39.8 Å². The second-order valence-corrected chi connectivity index (χ2v) is 5.40. The molecule has 3 heteroatoms. The lowest BCUT2D eigenvalue weighted by Crippen LogP contribution is -1.90. The molecule has 0 radical (unpaired) electrons. The smallest absolute Gasteiger partial charge is 0.0826 e. The first kappa shape index (κ1) is 11.6. The normalized spacial score (nSPS) is 10.1. The van der Waals surface area contributed by atoms with Crippen LogP contribution in [0.15, 0.2) is 59.5 Å². The van der Waals surface area contributed by atoms with Gasteiger partial charge in [-0.2, -0.15) is 0 Å². The Morgan fingerprint density at radius 2 is 1.75 bits per heavy atom. The standard InChI is InChI=1S/C13H9ClS2/c14-11-6-4-5-10(9-11)13(15)16-12-7-2-1-3-8-12/h1-9H. The molecular formula is C13H9ClS2. The molecule has 0 fully saturated rings. The van der Waals surface area contributed by atoms with Crippen LogP contribution < -0.4 is 0 Å². The minimum absolute atomic E-state index is 0.716. The van der Waals surface area contributed by atoms with Gasteiger partial charge in [-0.05, 0) is 24.3 Å². The van der Waals surface area contributed by atoms with Crippen LogP contribution >= 0.6 is 35.6 Å². The molecule has 2 rings (SSSR count). The molecule has 0 bridgehead atoms. The summed E-state index contributed by atoms with van der Waals surface area (Å²) in [7, 11) is 0. The summed E-state index contributed by atoms with van der Waals surface area (Å²) in [6.45, 7) is 0. The molecule has 0 spiro atoms. The summed E-state index contributed by atoms with van der Waals surface area (Å²) in [4.78, 5) is 1.15. The van der Waals surface area contributed by atoms with Crippen molar-refractivity contribution in [1.29, 1.82) is 0 Å². The Hall–Kier alpha value is -0.830. The third-order valence-electron chi connectivity index (χ3n) is 2.01. The first-order valence-electron chi connectivity index (χ1n) is 4.78. The highest BCUT2D eigenvalue weighted by molar-refractivity contribution is 8.23. The zero-order valence-electron chi connectivity index (χ0n) is 8.39. The summed E-state index contributed by atoms with van der Waals surface area (Å²) in [6, 6.07) is 17.7. The van der Waals surface area contributed by atoms with Crippen molar-refractivity contribution in [3.63, 3.8) is 0 Å². The van der Waals surface area contributed by atoms with Crippen molar-refractivity contribution in [1.82, 2.24) is 0 Å². The minimum atomic E-state index is 0.716. The van der Waals surface area contributed by atoms with E-state index in [1.165, 1.54) is 0 Å². The Bertz CT molecular complexity index is 494. The Kier molecular flexibility index (Phi) is 3.99. The zero-order valence-corrected chi connectivity index (χ0v) is 10.8. The van der Waals surface area contributed by atoms with E-state index in [0.29, 0.717) is 5.02 Å². The Morgan fingerprint density at radius 3 is 2.44 bits per heavy atom. The molecule has 0 unspecified atom stereocenters. The van der Waals surface area contributed by atoms with E-state index in [2.05, 4.69) is 0 Å². The fourth-order valence-electron chi connectivity index (χ4n) is 1.27. The lowest BCUT2D eigenvalue weighted by atomic mass is 10.2. The van der Waals surface area contributed by atoms with E-state index in [1.807, 2.05) is 54.6 Å². The van der Waals surface area contributed by atoms with Gasteiger partial charge in [0.2, 0.25) is 0 Å². The van der Waals surface area contributed by atoms with Crippen LogP contribution in [0.25, 0.3) is 0 Å². The average molecular weight is 265 g/mol. The highest BCUT2D eigenvalue weighted by atomic mass is 35.5. The second kappa shape index (κ2) is 5.48. The van der Waals surface area contributed by atoms with Crippen LogP contribution in [0.2, 0.25) is 5.02 Å². The molecule has 0 atom stereocenters. The van der Waals surface area contributed by atoms with Crippen molar-refractivity contribution in [3.05, 3.63) is 65.2 Å². The van der Waals surface area contributed by atoms with Gasteiger partial charge >= 0.3 is 0 Å². The molecule has 0 aliphatic heterocycles. The summed E-state index contributed by atoms with van der Waals surface area (Å²) >= 11 is 12.9. The highest BCUT2D eigenvalue weighted by Gasteiger charge is 2.03. The van der Waals surface area contributed by atoms with E-state index in [1.54, 1.807) is 11.8 Å². The van der Waals surface area contributed by atoms with Gasteiger partial charge in [0.1, 0.15) is 0 Å².